The van der Waals surface area contributed by atoms with Gasteiger partial charge in [0.05, 0.1) is 13.2 Å². The van der Waals surface area contributed by atoms with Crippen molar-refractivity contribution in [1.82, 2.24) is 0 Å². The predicted octanol–water partition coefficient (Wildman–Crippen LogP) is 2.43. The van der Waals surface area contributed by atoms with Crippen molar-refractivity contribution in [2.75, 3.05) is 7.11 Å². The zero-order chi connectivity index (χ0) is 11.8. The Kier molecular flexibility index (Phi) is 2.80. The topological polar surface area (TPSA) is 44.5 Å². The zero-order valence-electron chi connectivity index (χ0n) is 10.1. The molecule has 0 bridgehead atoms. The first kappa shape index (κ1) is 11.3. The maximum absolute atomic E-state index is 6.05. The monoisotopic (exact) mass is 221 g/mol. The van der Waals surface area contributed by atoms with Crippen LogP contribution in [-0.2, 0) is 5.54 Å². The Bertz CT molecular complexity index is 378. The Morgan fingerprint density at radius 2 is 1.94 bits per heavy atom. The molecule has 3 nitrogen and oxygen atoms in total. The Balaban J connectivity index is 2.26. The van der Waals surface area contributed by atoms with Gasteiger partial charge in [0.25, 0.3) is 0 Å². The van der Waals surface area contributed by atoms with E-state index in [1.807, 2.05) is 32.0 Å². The molecular weight excluding hydrogens is 202 g/mol. The zero-order valence-corrected chi connectivity index (χ0v) is 10.1. The van der Waals surface area contributed by atoms with E-state index < -0.39 is 0 Å². The lowest BCUT2D eigenvalue weighted by atomic mass is 9.95. The van der Waals surface area contributed by atoms with Gasteiger partial charge in [0.15, 0.2) is 11.5 Å². The molecule has 0 radical (unpaired) electrons. The highest BCUT2D eigenvalue weighted by Crippen LogP contribution is 2.35. The fourth-order valence-electron chi connectivity index (χ4n) is 1.53. The normalized spacial score (nSPS) is 16.0. The SMILES string of the molecule is COc1cc(C(C)(C)N)ccc1OC1CC1. The summed E-state index contributed by atoms with van der Waals surface area (Å²) in [6, 6.07) is 5.90. The second-order valence-corrected chi connectivity index (χ2v) is 4.90. The lowest BCUT2D eigenvalue weighted by Crippen LogP contribution is -2.28. The lowest BCUT2D eigenvalue weighted by Gasteiger charge is -2.21. The maximum Gasteiger partial charge on any atom is 0.161 e. The van der Waals surface area contributed by atoms with Crippen molar-refractivity contribution < 1.29 is 9.47 Å². The van der Waals surface area contributed by atoms with Crippen LogP contribution in [0.3, 0.4) is 0 Å². The number of benzene rings is 1. The standard InChI is InChI=1S/C13H19NO2/c1-13(2,14)9-4-7-11(12(8-9)15-3)16-10-5-6-10/h4,7-8,10H,5-6,14H2,1-3H3. The minimum Gasteiger partial charge on any atom is -0.493 e. The molecule has 2 rings (SSSR count). The van der Waals surface area contributed by atoms with Crippen LogP contribution < -0.4 is 15.2 Å². The molecule has 0 amide bonds. The Morgan fingerprint density at radius 3 is 2.44 bits per heavy atom. The molecule has 0 aliphatic heterocycles. The van der Waals surface area contributed by atoms with E-state index in [0.717, 1.165) is 29.9 Å². The summed E-state index contributed by atoms with van der Waals surface area (Å²) in [5.74, 6) is 1.58. The van der Waals surface area contributed by atoms with Crippen molar-refractivity contribution in [1.29, 1.82) is 0 Å². The maximum atomic E-state index is 6.05. The third-order valence-corrected chi connectivity index (χ3v) is 2.73. The van der Waals surface area contributed by atoms with Crippen molar-refractivity contribution in [3.8, 4) is 11.5 Å². The molecule has 3 heteroatoms. The van der Waals surface area contributed by atoms with E-state index in [-0.39, 0.29) is 5.54 Å². The minimum absolute atomic E-state index is 0.356. The van der Waals surface area contributed by atoms with Crippen molar-refractivity contribution >= 4 is 0 Å². The van der Waals surface area contributed by atoms with Crippen molar-refractivity contribution in [2.45, 2.75) is 38.3 Å². The number of ether oxygens (including phenoxy) is 2. The predicted molar refractivity (Wildman–Crippen MR) is 63.9 cm³/mol. The molecule has 88 valence electrons. The molecule has 0 saturated heterocycles. The van der Waals surface area contributed by atoms with Gasteiger partial charge < -0.3 is 15.2 Å². The number of nitrogens with two attached hydrogens (primary N) is 1. The first-order valence-corrected chi connectivity index (χ1v) is 5.65. The molecule has 1 aliphatic rings. The first-order chi connectivity index (χ1) is 7.50. The van der Waals surface area contributed by atoms with Crippen LogP contribution >= 0.6 is 0 Å². The van der Waals surface area contributed by atoms with Gasteiger partial charge in [-0.1, -0.05) is 6.07 Å². The fraction of sp³-hybridized carbons (Fsp3) is 0.538. The van der Waals surface area contributed by atoms with Crippen molar-refractivity contribution in [3.05, 3.63) is 23.8 Å². The van der Waals surface area contributed by atoms with Crippen LogP contribution in [-0.4, -0.2) is 13.2 Å². The molecule has 0 spiro atoms. The second kappa shape index (κ2) is 3.98. The van der Waals surface area contributed by atoms with E-state index in [2.05, 4.69) is 0 Å². The summed E-state index contributed by atoms with van der Waals surface area (Å²) in [6.45, 7) is 3.95. The minimum atomic E-state index is -0.356. The van der Waals surface area contributed by atoms with Gasteiger partial charge in [-0.25, -0.2) is 0 Å². The van der Waals surface area contributed by atoms with Gasteiger partial charge in [-0.2, -0.15) is 0 Å². The number of methoxy groups -OCH3 is 1. The summed E-state index contributed by atoms with van der Waals surface area (Å²) in [6.07, 6.45) is 2.67. The van der Waals surface area contributed by atoms with Crippen LogP contribution in [0.5, 0.6) is 11.5 Å². The Labute approximate surface area is 96.5 Å². The van der Waals surface area contributed by atoms with Gasteiger partial charge in [-0.05, 0) is 44.4 Å². The van der Waals surface area contributed by atoms with Gasteiger partial charge in [-0.15, -0.1) is 0 Å². The summed E-state index contributed by atoms with van der Waals surface area (Å²) in [7, 11) is 1.66. The molecular formula is C13H19NO2. The third-order valence-electron chi connectivity index (χ3n) is 2.73. The van der Waals surface area contributed by atoms with E-state index in [1.54, 1.807) is 7.11 Å². The van der Waals surface area contributed by atoms with Gasteiger partial charge in [-0.3, -0.25) is 0 Å². The van der Waals surface area contributed by atoms with Gasteiger partial charge in [0.1, 0.15) is 0 Å². The molecule has 1 aromatic carbocycles. The number of hydrogen-bond donors (Lipinski definition) is 1. The largest absolute Gasteiger partial charge is 0.493 e. The van der Waals surface area contributed by atoms with E-state index in [1.165, 1.54) is 0 Å². The van der Waals surface area contributed by atoms with Gasteiger partial charge in [0.2, 0.25) is 0 Å². The first-order valence-electron chi connectivity index (χ1n) is 5.65. The lowest BCUT2D eigenvalue weighted by molar-refractivity contribution is 0.281. The quantitative estimate of drug-likeness (QED) is 0.849. The highest BCUT2D eigenvalue weighted by molar-refractivity contribution is 5.45. The molecule has 0 aromatic heterocycles. The summed E-state index contributed by atoms with van der Waals surface area (Å²) in [5, 5.41) is 0. The van der Waals surface area contributed by atoms with Crippen molar-refractivity contribution in [3.63, 3.8) is 0 Å². The average molecular weight is 221 g/mol. The van der Waals surface area contributed by atoms with Crippen LogP contribution in [0.4, 0.5) is 0 Å². The van der Waals surface area contributed by atoms with E-state index >= 15 is 0 Å². The van der Waals surface area contributed by atoms with E-state index in [4.69, 9.17) is 15.2 Å². The molecule has 0 heterocycles. The number of hydrogen-bond acceptors (Lipinski definition) is 3. The average Bonchev–Trinajstić information content (AvgIpc) is 3.00. The fourth-order valence-corrected chi connectivity index (χ4v) is 1.53. The molecule has 1 fully saturated rings. The molecule has 16 heavy (non-hydrogen) atoms. The second-order valence-electron chi connectivity index (χ2n) is 4.90. The van der Waals surface area contributed by atoms with Crippen LogP contribution in [0.2, 0.25) is 0 Å². The highest BCUT2D eigenvalue weighted by Gasteiger charge is 2.25. The van der Waals surface area contributed by atoms with Crippen molar-refractivity contribution in [2.24, 2.45) is 5.73 Å². The molecule has 1 aromatic rings. The molecule has 1 saturated carbocycles. The Morgan fingerprint density at radius 1 is 1.25 bits per heavy atom. The number of rotatable bonds is 4. The smallest absolute Gasteiger partial charge is 0.161 e. The van der Waals surface area contributed by atoms with Crippen LogP contribution in [0.15, 0.2) is 18.2 Å². The summed E-state index contributed by atoms with van der Waals surface area (Å²) in [5.41, 5.74) is 6.74. The molecule has 0 atom stereocenters. The highest BCUT2D eigenvalue weighted by atomic mass is 16.5. The molecule has 0 unspecified atom stereocenters. The van der Waals surface area contributed by atoms with Crippen LogP contribution in [0.25, 0.3) is 0 Å². The third kappa shape index (κ3) is 2.47. The van der Waals surface area contributed by atoms with E-state index in [0.29, 0.717) is 6.10 Å². The van der Waals surface area contributed by atoms with Crippen LogP contribution in [0, 0.1) is 0 Å². The summed E-state index contributed by atoms with van der Waals surface area (Å²) >= 11 is 0. The summed E-state index contributed by atoms with van der Waals surface area (Å²) in [4.78, 5) is 0. The van der Waals surface area contributed by atoms with Gasteiger partial charge in [0, 0.05) is 5.54 Å². The molecule has 1 aliphatic carbocycles. The van der Waals surface area contributed by atoms with Crippen LogP contribution in [0.1, 0.15) is 32.3 Å². The Hall–Kier alpha value is -1.22. The van der Waals surface area contributed by atoms with Gasteiger partial charge >= 0.3 is 0 Å². The summed E-state index contributed by atoms with van der Waals surface area (Å²) < 4.78 is 11.1. The molecule has 2 N–H and O–H groups in total. The van der Waals surface area contributed by atoms with E-state index in [9.17, 15) is 0 Å².